The van der Waals surface area contributed by atoms with Gasteiger partial charge in [0.25, 0.3) is 0 Å². The van der Waals surface area contributed by atoms with Crippen LogP contribution in [0.4, 0.5) is 9.59 Å². The topological polar surface area (TPSA) is 96.9 Å². The largest absolute Gasteiger partial charge is 0.444 e. The van der Waals surface area contributed by atoms with Gasteiger partial charge in [-0.1, -0.05) is 0 Å². The summed E-state index contributed by atoms with van der Waals surface area (Å²) in [5, 5.41) is 14.3. The van der Waals surface area contributed by atoms with Crippen molar-refractivity contribution in [2.75, 3.05) is 13.2 Å². The summed E-state index contributed by atoms with van der Waals surface area (Å²) in [6, 6.07) is -0.491. The van der Waals surface area contributed by atoms with Gasteiger partial charge in [0.05, 0.1) is 12.6 Å². The van der Waals surface area contributed by atoms with Crippen molar-refractivity contribution in [1.82, 2.24) is 10.6 Å². The monoisotopic (exact) mass is 304 g/mol. The van der Waals surface area contributed by atoms with Crippen molar-refractivity contribution in [2.45, 2.75) is 65.2 Å². The third kappa shape index (κ3) is 12.0. The maximum atomic E-state index is 11.6. The number of amides is 2. The van der Waals surface area contributed by atoms with Crippen molar-refractivity contribution < 1.29 is 24.2 Å². The Kier molecular flexibility index (Phi) is 7.49. The molecule has 0 radical (unpaired) electrons. The number of aliphatic hydroxyl groups excluding tert-OH is 1. The molecule has 0 aliphatic heterocycles. The Morgan fingerprint density at radius 2 is 1.48 bits per heavy atom. The number of hydrogen-bond donors (Lipinski definition) is 3. The van der Waals surface area contributed by atoms with E-state index >= 15 is 0 Å². The van der Waals surface area contributed by atoms with Crippen LogP contribution >= 0.6 is 0 Å². The molecule has 124 valence electrons. The summed E-state index contributed by atoms with van der Waals surface area (Å²) in [6.45, 7) is 10.6. The number of aliphatic hydroxyl groups is 1. The Bertz CT molecular complexity index is 344. The van der Waals surface area contributed by atoms with Crippen LogP contribution in [-0.4, -0.2) is 47.7 Å². The molecule has 0 fully saturated rings. The van der Waals surface area contributed by atoms with Gasteiger partial charge in [-0.25, -0.2) is 9.59 Å². The summed E-state index contributed by atoms with van der Waals surface area (Å²) >= 11 is 0. The zero-order valence-corrected chi connectivity index (χ0v) is 13.8. The molecule has 0 rings (SSSR count). The fourth-order valence-corrected chi connectivity index (χ4v) is 1.35. The first-order valence-corrected chi connectivity index (χ1v) is 7.00. The Labute approximate surface area is 126 Å². The molecule has 0 aliphatic carbocycles. The molecule has 7 nitrogen and oxygen atoms in total. The van der Waals surface area contributed by atoms with Crippen LogP contribution in [0.5, 0.6) is 0 Å². The van der Waals surface area contributed by atoms with E-state index in [0.29, 0.717) is 6.42 Å². The molecule has 0 heterocycles. The quantitative estimate of drug-likeness (QED) is 0.719. The Morgan fingerprint density at radius 3 is 1.90 bits per heavy atom. The van der Waals surface area contributed by atoms with Crippen LogP contribution in [0.3, 0.4) is 0 Å². The van der Waals surface area contributed by atoms with Crippen molar-refractivity contribution in [3.05, 3.63) is 0 Å². The summed E-state index contributed by atoms with van der Waals surface area (Å²) in [6.07, 6.45) is -0.759. The molecule has 2 amide bonds. The van der Waals surface area contributed by atoms with E-state index in [1.807, 2.05) is 0 Å². The summed E-state index contributed by atoms with van der Waals surface area (Å²) in [5.74, 6) is 0. The first-order chi connectivity index (χ1) is 9.43. The molecule has 1 atom stereocenters. The lowest BCUT2D eigenvalue weighted by Gasteiger charge is -2.23. The third-order valence-corrected chi connectivity index (χ3v) is 2.10. The van der Waals surface area contributed by atoms with E-state index in [0.717, 1.165) is 0 Å². The van der Waals surface area contributed by atoms with Gasteiger partial charge in [0.1, 0.15) is 11.2 Å². The van der Waals surface area contributed by atoms with E-state index in [-0.39, 0.29) is 13.2 Å². The minimum Gasteiger partial charge on any atom is -0.444 e. The van der Waals surface area contributed by atoms with E-state index in [9.17, 15) is 14.7 Å². The maximum Gasteiger partial charge on any atom is 0.407 e. The minimum atomic E-state index is -0.598. The van der Waals surface area contributed by atoms with Gasteiger partial charge in [-0.3, -0.25) is 0 Å². The average molecular weight is 304 g/mol. The molecule has 3 N–H and O–H groups in total. The highest BCUT2D eigenvalue weighted by Crippen LogP contribution is 2.08. The van der Waals surface area contributed by atoms with Gasteiger partial charge in [0.2, 0.25) is 0 Å². The predicted molar refractivity (Wildman–Crippen MR) is 79.1 cm³/mol. The lowest BCUT2D eigenvalue weighted by Crippen LogP contribution is -2.43. The molecule has 0 aromatic heterocycles. The van der Waals surface area contributed by atoms with Crippen molar-refractivity contribution >= 4 is 12.2 Å². The summed E-state index contributed by atoms with van der Waals surface area (Å²) in [5.41, 5.74) is -1.16. The van der Waals surface area contributed by atoms with Crippen LogP contribution in [0.2, 0.25) is 0 Å². The van der Waals surface area contributed by atoms with Crippen molar-refractivity contribution in [3.8, 4) is 0 Å². The number of hydrogen-bond acceptors (Lipinski definition) is 5. The van der Waals surface area contributed by atoms with Gasteiger partial charge in [0, 0.05) is 6.54 Å². The molecule has 0 saturated heterocycles. The summed E-state index contributed by atoms with van der Waals surface area (Å²) in [7, 11) is 0. The highest BCUT2D eigenvalue weighted by molar-refractivity contribution is 5.68. The standard InChI is InChI=1S/C14H28N2O5/c1-13(2,3)20-11(18)15-8-7-10(9-17)16-12(19)21-14(4,5)6/h10,17H,7-9H2,1-6H3,(H,15,18)(H,16,19)/t10-/m1/s1. The second-order valence-corrected chi connectivity index (χ2v) is 6.74. The first kappa shape index (κ1) is 19.5. The average Bonchev–Trinajstić information content (AvgIpc) is 2.22. The van der Waals surface area contributed by atoms with Gasteiger partial charge in [-0.05, 0) is 48.0 Å². The smallest absolute Gasteiger partial charge is 0.407 e. The molecular weight excluding hydrogens is 276 g/mol. The molecule has 21 heavy (non-hydrogen) atoms. The second-order valence-electron chi connectivity index (χ2n) is 6.74. The normalized spacial score (nSPS) is 13.3. The van der Waals surface area contributed by atoms with Crippen LogP contribution in [0, 0.1) is 0 Å². The van der Waals surface area contributed by atoms with Gasteiger partial charge < -0.3 is 25.2 Å². The number of carbonyl (C=O) groups is 2. The molecule has 0 aromatic carbocycles. The summed E-state index contributed by atoms with van der Waals surface area (Å²) in [4.78, 5) is 23.0. The van der Waals surface area contributed by atoms with E-state index in [2.05, 4.69) is 10.6 Å². The van der Waals surface area contributed by atoms with Crippen LogP contribution in [0.25, 0.3) is 0 Å². The van der Waals surface area contributed by atoms with Gasteiger partial charge in [-0.2, -0.15) is 0 Å². The van der Waals surface area contributed by atoms with Crippen LogP contribution < -0.4 is 10.6 Å². The van der Waals surface area contributed by atoms with E-state index < -0.39 is 29.4 Å². The lowest BCUT2D eigenvalue weighted by molar-refractivity contribution is 0.0476. The molecule has 7 heteroatoms. The second kappa shape index (κ2) is 8.07. The lowest BCUT2D eigenvalue weighted by atomic mass is 10.2. The molecule has 0 aliphatic rings. The number of carbonyl (C=O) groups excluding carboxylic acids is 2. The van der Waals surface area contributed by atoms with E-state index in [4.69, 9.17) is 9.47 Å². The maximum absolute atomic E-state index is 11.6. The number of alkyl carbamates (subject to hydrolysis) is 2. The molecule has 0 unspecified atom stereocenters. The highest BCUT2D eigenvalue weighted by atomic mass is 16.6. The van der Waals surface area contributed by atoms with Crippen LogP contribution in [0.15, 0.2) is 0 Å². The third-order valence-electron chi connectivity index (χ3n) is 2.10. The number of rotatable bonds is 5. The fraction of sp³-hybridized carbons (Fsp3) is 0.857. The Hall–Kier alpha value is -1.50. The fourth-order valence-electron chi connectivity index (χ4n) is 1.35. The molecule has 0 saturated carbocycles. The van der Waals surface area contributed by atoms with Gasteiger partial charge in [0.15, 0.2) is 0 Å². The van der Waals surface area contributed by atoms with Gasteiger partial charge in [-0.15, -0.1) is 0 Å². The zero-order chi connectivity index (χ0) is 16.7. The first-order valence-electron chi connectivity index (χ1n) is 7.00. The van der Waals surface area contributed by atoms with E-state index in [1.54, 1.807) is 41.5 Å². The molecule has 0 spiro atoms. The molecule has 0 aromatic rings. The van der Waals surface area contributed by atoms with Crippen molar-refractivity contribution in [1.29, 1.82) is 0 Å². The van der Waals surface area contributed by atoms with E-state index in [1.165, 1.54) is 0 Å². The van der Waals surface area contributed by atoms with Crippen molar-refractivity contribution in [3.63, 3.8) is 0 Å². The number of ether oxygens (including phenoxy) is 2. The molecule has 0 bridgehead atoms. The highest BCUT2D eigenvalue weighted by Gasteiger charge is 2.20. The SMILES string of the molecule is CC(C)(C)OC(=O)NCC[C@H](CO)NC(=O)OC(C)(C)C. The number of nitrogens with one attached hydrogen (secondary N) is 2. The Balaban J connectivity index is 4.06. The predicted octanol–water partition coefficient (Wildman–Crippen LogP) is 1.79. The van der Waals surface area contributed by atoms with Crippen LogP contribution in [-0.2, 0) is 9.47 Å². The summed E-state index contributed by atoms with van der Waals surface area (Å²) < 4.78 is 10.2. The van der Waals surface area contributed by atoms with Crippen LogP contribution in [0.1, 0.15) is 48.0 Å². The minimum absolute atomic E-state index is 0.241. The van der Waals surface area contributed by atoms with Crippen molar-refractivity contribution in [2.24, 2.45) is 0 Å². The Morgan fingerprint density at radius 1 is 1.00 bits per heavy atom. The van der Waals surface area contributed by atoms with Gasteiger partial charge >= 0.3 is 12.2 Å². The molecular formula is C14H28N2O5. The zero-order valence-electron chi connectivity index (χ0n) is 13.8.